The van der Waals surface area contributed by atoms with Gasteiger partial charge in [0.2, 0.25) is 5.88 Å². The monoisotopic (exact) mass is 197 g/mol. The second-order valence-corrected chi connectivity index (χ2v) is 2.50. The minimum Gasteiger partial charge on any atom is -0.480 e. The first-order chi connectivity index (χ1) is 6.69. The van der Waals surface area contributed by atoms with Crippen LogP contribution in [0.3, 0.4) is 0 Å². The van der Waals surface area contributed by atoms with Crippen molar-refractivity contribution >= 4 is 5.97 Å². The summed E-state index contributed by atoms with van der Waals surface area (Å²) in [4.78, 5) is 11.0. The SMILES string of the molecule is COC(=O)C(N)c1ccc(OC)nn1. The fraction of sp³-hybridized carbons (Fsp3) is 0.375. The zero-order valence-corrected chi connectivity index (χ0v) is 7.93. The molecule has 0 aromatic carbocycles. The number of nitrogens with two attached hydrogens (primary N) is 1. The van der Waals surface area contributed by atoms with Gasteiger partial charge in [-0.3, -0.25) is 0 Å². The lowest BCUT2D eigenvalue weighted by atomic mass is 10.2. The molecule has 6 heteroatoms. The maximum absolute atomic E-state index is 11.0. The smallest absolute Gasteiger partial charge is 0.328 e. The number of esters is 1. The number of rotatable bonds is 3. The lowest BCUT2D eigenvalue weighted by Gasteiger charge is -2.07. The Morgan fingerprint density at radius 2 is 2.14 bits per heavy atom. The second-order valence-electron chi connectivity index (χ2n) is 2.50. The molecule has 1 heterocycles. The van der Waals surface area contributed by atoms with Crippen LogP contribution >= 0.6 is 0 Å². The Morgan fingerprint density at radius 3 is 2.57 bits per heavy atom. The van der Waals surface area contributed by atoms with Crippen LogP contribution in [0, 0.1) is 0 Å². The molecular formula is C8H11N3O3. The molecule has 0 aliphatic rings. The summed E-state index contributed by atoms with van der Waals surface area (Å²) in [7, 11) is 2.74. The topological polar surface area (TPSA) is 87.3 Å². The van der Waals surface area contributed by atoms with Gasteiger partial charge in [0.1, 0.15) is 6.04 Å². The summed E-state index contributed by atoms with van der Waals surface area (Å²) in [6, 6.07) is 2.23. The van der Waals surface area contributed by atoms with Crippen molar-refractivity contribution in [1.29, 1.82) is 0 Å². The molecule has 76 valence electrons. The summed E-state index contributed by atoms with van der Waals surface area (Å²) in [5.41, 5.74) is 5.87. The van der Waals surface area contributed by atoms with Crippen molar-refractivity contribution in [2.75, 3.05) is 14.2 Å². The molecule has 0 amide bonds. The maximum Gasteiger partial charge on any atom is 0.328 e. The van der Waals surface area contributed by atoms with Crippen molar-refractivity contribution in [3.05, 3.63) is 17.8 Å². The molecule has 0 spiro atoms. The largest absolute Gasteiger partial charge is 0.480 e. The van der Waals surface area contributed by atoms with Crippen molar-refractivity contribution in [3.63, 3.8) is 0 Å². The summed E-state index contributed by atoms with van der Waals surface area (Å²) in [6.45, 7) is 0. The van der Waals surface area contributed by atoms with Gasteiger partial charge in [0.25, 0.3) is 0 Å². The maximum atomic E-state index is 11.0. The lowest BCUT2D eigenvalue weighted by molar-refractivity contribution is -0.142. The first kappa shape index (κ1) is 10.4. The van der Waals surface area contributed by atoms with E-state index in [1.807, 2.05) is 0 Å². The van der Waals surface area contributed by atoms with E-state index >= 15 is 0 Å². The van der Waals surface area contributed by atoms with E-state index in [-0.39, 0.29) is 0 Å². The molecule has 0 aliphatic heterocycles. The van der Waals surface area contributed by atoms with Crippen LogP contribution in [0.1, 0.15) is 11.7 Å². The molecule has 0 fully saturated rings. The lowest BCUT2D eigenvalue weighted by Crippen LogP contribution is -2.23. The highest BCUT2D eigenvalue weighted by atomic mass is 16.5. The number of hydrogen-bond donors (Lipinski definition) is 1. The quantitative estimate of drug-likeness (QED) is 0.667. The predicted molar refractivity (Wildman–Crippen MR) is 47.5 cm³/mol. The molecule has 1 rings (SSSR count). The molecule has 0 radical (unpaired) electrons. The molecule has 0 saturated carbocycles. The molecular weight excluding hydrogens is 186 g/mol. The summed E-state index contributed by atoms with van der Waals surface area (Å²) >= 11 is 0. The van der Waals surface area contributed by atoms with Crippen LogP contribution in [0.15, 0.2) is 12.1 Å². The van der Waals surface area contributed by atoms with Crippen molar-refractivity contribution in [3.8, 4) is 5.88 Å². The number of aromatic nitrogens is 2. The first-order valence-electron chi connectivity index (χ1n) is 3.90. The van der Waals surface area contributed by atoms with E-state index in [1.165, 1.54) is 14.2 Å². The van der Waals surface area contributed by atoms with Gasteiger partial charge in [-0.15, -0.1) is 10.2 Å². The number of carbonyl (C=O) groups is 1. The van der Waals surface area contributed by atoms with Crippen LogP contribution in [0.4, 0.5) is 0 Å². The Hall–Kier alpha value is -1.69. The van der Waals surface area contributed by atoms with Crippen LogP contribution in [0.5, 0.6) is 5.88 Å². The van der Waals surface area contributed by atoms with Gasteiger partial charge in [-0.2, -0.15) is 0 Å². The third-order valence-corrected chi connectivity index (χ3v) is 1.64. The molecule has 1 aromatic heterocycles. The van der Waals surface area contributed by atoms with Crippen LogP contribution in [-0.2, 0) is 9.53 Å². The Kier molecular flexibility index (Phi) is 3.35. The van der Waals surface area contributed by atoms with Gasteiger partial charge in [0.05, 0.1) is 19.9 Å². The van der Waals surface area contributed by atoms with Crippen molar-refractivity contribution < 1.29 is 14.3 Å². The minimum absolute atomic E-state index is 0.345. The third kappa shape index (κ3) is 2.17. The summed E-state index contributed by atoms with van der Waals surface area (Å²) < 4.78 is 9.27. The molecule has 1 aromatic rings. The van der Waals surface area contributed by atoms with E-state index in [9.17, 15) is 4.79 Å². The van der Waals surface area contributed by atoms with Crippen LogP contribution in [-0.4, -0.2) is 30.4 Å². The standard InChI is InChI=1S/C8H11N3O3/c1-13-6-4-3-5(10-11-6)7(9)8(12)14-2/h3-4,7H,9H2,1-2H3. The minimum atomic E-state index is -0.904. The summed E-state index contributed by atoms with van der Waals surface area (Å²) in [6.07, 6.45) is 0. The number of hydrogen-bond acceptors (Lipinski definition) is 6. The average molecular weight is 197 g/mol. The average Bonchev–Trinajstić information content (AvgIpc) is 2.27. The van der Waals surface area contributed by atoms with Crippen molar-refractivity contribution in [2.24, 2.45) is 5.73 Å². The number of carbonyl (C=O) groups excluding carboxylic acids is 1. The molecule has 14 heavy (non-hydrogen) atoms. The molecule has 1 unspecified atom stereocenters. The molecule has 0 saturated heterocycles. The Bertz CT molecular complexity index is 312. The molecule has 6 nitrogen and oxygen atoms in total. The Morgan fingerprint density at radius 1 is 1.43 bits per heavy atom. The molecule has 0 aliphatic carbocycles. The number of nitrogens with zero attached hydrogens (tertiary/aromatic N) is 2. The molecule has 0 bridgehead atoms. The third-order valence-electron chi connectivity index (χ3n) is 1.64. The fourth-order valence-corrected chi connectivity index (χ4v) is 0.853. The summed E-state index contributed by atoms with van der Waals surface area (Å²) in [5.74, 6) is -0.185. The number of methoxy groups -OCH3 is 2. The van der Waals surface area contributed by atoms with Gasteiger partial charge >= 0.3 is 5.97 Å². The van der Waals surface area contributed by atoms with E-state index < -0.39 is 12.0 Å². The Labute approximate surface area is 81.0 Å². The van der Waals surface area contributed by atoms with Gasteiger partial charge in [0.15, 0.2) is 0 Å². The predicted octanol–water partition coefficient (Wildman–Crippen LogP) is -0.342. The van der Waals surface area contributed by atoms with E-state index in [4.69, 9.17) is 10.5 Å². The summed E-state index contributed by atoms with van der Waals surface area (Å²) in [5, 5.41) is 7.39. The van der Waals surface area contributed by atoms with Crippen LogP contribution < -0.4 is 10.5 Å². The van der Waals surface area contributed by atoms with Gasteiger partial charge in [-0.1, -0.05) is 0 Å². The molecule has 2 N–H and O–H groups in total. The zero-order valence-electron chi connectivity index (χ0n) is 7.93. The van der Waals surface area contributed by atoms with E-state index in [2.05, 4.69) is 14.9 Å². The number of ether oxygens (including phenoxy) is 2. The fourth-order valence-electron chi connectivity index (χ4n) is 0.853. The first-order valence-corrected chi connectivity index (χ1v) is 3.90. The zero-order chi connectivity index (χ0) is 10.6. The van der Waals surface area contributed by atoms with Crippen LogP contribution in [0.2, 0.25) is 0 Å². The highest BCUT2D eigenvalue weighted by molar-refractivity contribution is 5.76. The van der Waals surface area contributed by atoms with Crippen LogP contribution in [0.25, 0.3) is 0 Å². The van der Waals surface area contributed by atoms with Gasteiger partial charge < -0.3 is 15.2 Å². The normalized spacial score (nSPS) is 11.9. The van der Waals surface area contributed by atoms with E-state index in [1.54, 1.807) is 12.1 Å². The van der Waals surface area contributed by atoms with Gasteiger partial charge in [-0.25, -0.2) is 4.79 Å². The highest BCUT2D eigenvalue weighted by Crippen LogP contribution is 2.10. The van der Waals surface area contributed by atoms with E-state index in [0.29, 0.717) is 11.6 Å². The van der Waals surface area contributed by atoms with Crippen molar-refractivity contribution in [1.82, 2.24) is 10.2 Å². The van der Waals surface area contributed by atoms with Crippen molar-refractivity contribution in [2.45, 2.75) is 6.04 Å². The van der Waals surface area contributed by atoms with E-state index in [0.717, 1.165) is 0 Å². The Balaban J connectivity index is 2.81. The van der Waals surface area contributed by atoms with Gasteiger partial charge in [0, 0.05) is 6.07 Å². The highest BCUT2D eigenvalue weighted by Gasteiger charge is 2.17. The molecule has 1 atom stereocenters. The van der Waals surface area contributed by atoms with Gasteiger partial charge in [-0.05, 0) is 6.07 Å². The second kappa shape index (κ2) is 4.52.